The summed E-state index contributed by atoms with van der Waals surface area (Å²) >= 11 is 0. The van der Waals surface area contributed by atoms with Crippen LogP contribution in [0.3, 0.4) is 0 Å². The smallest absolute Gasteiger partial charge is 0.224 e. The van der Waals surface area contributed by atoms with Crippen LogP contribution in [0.2, 0.25) is 0 Å². The van der Waals surface area contributed by atoms with Crippen molar-refractivity contribution in [3.05, 3.63) is 52.5 Å². The molecule has 1 amide bonds. The molecule has 3 aromatic rings. The Morgan fingerprint density at radius 2 is 2.21 bits per heavy atom. The monoisotopic (exact) mass is 323 g/mol. The zero-order valence-corrected chi connectivity index (χ0v) is 13.8. The van der Waals surface area contributed by atoms with Gasteiger partial charge in [-0.1, -0.05) is 12.1 Å². The molecule has 0 spiro atoms. The SMILES string of the molecule is Cc1ccc2c(CC(=O)NCc3n[nH]c4c3CCCC4)coc2c1. The Bertz CT molecular complexity index is 891. The summed E-state index contributed by atoms with van der Waals surface area (Å²) in [6, 6.07) is 6.04. The summed E-state index contributed by atoms with van der Waals surface area (Å²) in [7, 11) is 0. The number of H-pyrrole nitrogens is 1. The van der Waals surface area contributed by atoms with Crippen molar-refractivity contribution in [1.82, 2.24) is 15.5 Å². The molecule has 1 aliphatic carbocycles. The van der Waals surface area contributed by atoms with E-state index in [2.05, 4.69) is 15.5 Å². The number of fused-ring (bicyclic) bond motifs is 2. The molecule has 0 atom stereocenters. The van der Waals surface area contributed by atoms with Gasteiger partial charge in [-0.2, -0.15) is 5.10 Å². The van der Waals surface area contributed by atoms with E-state index in [1.807, 2.05) is 25.1 Å². The number of benzene rings is 1. The molecule has 1 aliphatic rings. The minimum atomic E-state index is -0.00849. The lowest BCUT2D eigenvalue weighted by molar-refractivity contribution is -0.120. The van der Waals surface area contributed by atoms with E-state index in [-0.39, 0.29) is 5.91 Å². The van der Waals surface area contributed by atoms with Crippen LogP contribution in [0, 0.1) is 6.92 Å². The van der Waals surface area contributed by atoms with Gasteiger partial charge in [0, 0.05) is 16.6 Å². The largest absolute Gasteiger partial charge is 0.464 e. The van der Waals surface area contributed by atoms with Crippen molar-refractivity contribution >= 4 is 16.9 Å². The number of carbonyl (C=O) groups excluding carboxylic acids is 1. The van der Waals surface area contributed by atoms with Gasteiger partial charge in [0.2, 0.25) is 5.91 Å². The number of aryl methyl sites for hydroxylation is 2. The van der Waals surface area contributed by atoms with Gasteiger partial charge in [0.15, 0.2) is 0 Å². The molecule has 5 nitrogen and oxygen atoms in total. The fourth-order valence-corrected chi connectivity index (χ4v) is 3.44. The highest BCUT2D eigenvalue weighted by molar-refractivity contribution is 5.87. The summed E-state index contributed by atoms with van der Waals surface area (Å²) in [4.78, 5) is 12.3. The Labute approximate surface area is 140 Å². The van der Waals surface area contributed by atoms with E-state index in [1.54, 1.807) is 6.26 Å². The molecule has 24 heavy (non-hydrogen) atoms. The van der Waals surface area contributed by atoms with E-state index in [0.29, 0.717) is 13.0 Å². The highest BCUT2D eigenvalue weighted by Gasteiger charge is 2.17. The van der Waals surface area contributed by atoms with Crippen LogP contribution in [0.15, 0.2) is 28.9 Å². The van der Waals surface area contributed by atoms with Crippen molar-refractivity contribution in [2.75, 3.05) is 0 Å². The zero-order valence-electron chi connectivity index (χ0n) is 13.8. The van der Waals surface area contributed by atoms with Gasteiger partial charge in [0.25, 0.3) is 0 Å². The van der Waals surface area contributed by atoms with Crippen molar-refractivity contribution < 1.29 is 9.21 Å². The number of nitrogens with zero attached hydrogens (tertiary/aromatic N) is 1. The number of furan rings is 1. The van der Waals surface area contributed by atoms with Gasteiger partial charge in [0.05, 0.1) is 24.9 Å². The maximum absolute atomic E-state index is 12.3. The van der Waals surface area contributed by atoms with Crippen molar-refractivity contribution in [1.29, 1.82) is 0 Å². The second-order valence-electron chi connectivity index (χ2n) is 6.55. The first-order valence-corrected chi connectivity index (χ1v) is 8.49. The fourth-order valence-electron chi connectivity index (χ4n) is 3.44. The average molecular weight is 323 g/mol. The maximum atomic E-state index is 12.3. The topological polar surface area (TPSA) is 70.9 Å². The molecule has 0 saturated carbocycles. The Kier molecular flexibility index (Phi) is 3.84. The minimum Gasteiger partial charge on any atom is -0.464 e. The van der Waals surface area contributed by atoms with Gasteiger partial charge >= 0.3 is 0 Å². The van der Waals surface area contributed by atoms with E-state index < -0.39 is 0 Å². The van der Waals surface area contributed by atoms with Gasteiger partial charge in [-0.15, -0.1) is 0 Å². The summed E-state index contributed by atoms with van der Waals surface area (Å²) in [6.45, 7) is 2.51. The molecule has 1 aromatic carbocycles. The number of nitrogens with one attached hydrogen (secondary N) is 2. The molecule has 124 valence electrons. The lowest BCUT2D eigenvalue weighted by atomic mass is 9.96. The second-order valence-corrected chi connectivity index (χ2v) is 6.55. The predicted molar refractivity (Wildman–Crippen MR) is 91.7 cm³/mol. The first-order valence-electron chi connectivity index (χ1n) is 8.49. The predicted octanol–water partition coefficient (Wildman–Crippen LogP) is 3.20. The fraction of sp³-hybridized carbons (Fsp3) is 0.368. The normalized spacial score (nSPS) is 13.9. The van der Waals surface area contributed by atoms with Crippen LogP contribution in [-0.2, 0) is 30.6 Å². The Hall–Kier alpha value is -2.56. The third kappa shape index (κ3) is 2.82. The third-order valence-electron chi connectivity index (χ3n) is 4.76. The van der Waals surface area contributed by atoms with Crippen LogP contribution < -0.4 is 5.32 Å². The number of hydrogen-bond acceptors (Lipinski definition) is 3. The van der Waals surface area contributed by atoms with Crippen LogP contribution >= 0.6 is 0 Å². The van der Waals surface area contributed by atoms with E-state index in [9.17, 15) is 4.79 Å². The van der Waals surface area contributed by atoms with Gasteiger partial charge in [-0.05, 0) is 49.8 Å². The number of amides is 1. The summed E-state index contributed by atoms with van der Waals surface area (Å²) in [5.74, 6) is -0.00849. The minimum absolute atomic E-state index is 0.00849. The van der Waals surface area contributed by atoms with Gasteiger partial charge in [-0.25, -0.2) is 0 Å². The van der Waals surface area contributed by atoms with Crippen LogP contribution in [0.25, 0.3) is 11.0 Å². The standard InChI is InChI=1S/C19H21N3O2/c1-12-6-7-14-13(11-24-18(14)8-12)9-19(23)20-10-17-15-4-2-3-5-16(15)21-22-17/h6-8,11H,2-5,9-10H2,1H3,(H,20,23)(H,21,22). The Morgan fingerprint density at radius 3 is 3.12 bits per heavy atom. The van der Waals surface area contributed by atoms with Gasteiger partial charge in [0.1, 0.15) is 5.58 Å². The number of aromatic amines is 1. The van der Waals surface area contributed by atoms with Crippen molar-refractivity contribution in [3.63, 3.8) is 0 Å². The molecule has 0 bridgehead atoms. The lowest BCUT2D eigenvalue weighted by Gasteiger charge is -2.11. The average Bonchev–Trinajstić information content (AvgIpc) is 3.17. The first kappa shape index (κ1) is 15.0. The summed E-state index contributed by atoms with van der Waals surface area (Å²) in [6.07, 6.45) is 6.55. The molecule has 0 radical (unpaired) electrons. The molecule has 4 rings (SSSR count). The number of aromatic nitrogens is 2. The molecule has 2 aromatic heterocycles. The summed E-state index contributed by atoms with van der Waals surface area (Å²) in [5.41, 5.74) is 6.42. The van der Waals surface area contributed by atoms with Crippen LogP contribution in [-0.4, -0.2) is 16.1 Å². The van der Waals surface area contributed by atoms with E-state index in [4.69, 9.17) is 4.42 Å². The van der Waals surface area contributed by atoms with Gasteiger partial charge in [-0.3, -0.25) is 9.89 Å². The summed E-state index contributed by atoms with van der Waals surface area (Å²) < 4.78 is 5.56. The molecular weight excluding hydrogens is 302 g/mol. The number of hydrogen-bond donors (Lipinski definition) is 2. The molecule has 0 fully saturated rings. The van der Waals surface area contributed by atoms with Crippen molar-refractivity contribution in [2.45, 2.75) is 45.6 Å². The quantitative estimate of drug-likeness (QED) is 0.774. The molecular formula is C19H21N3O2. The maximum Gasteiger partial charge on any atom is 0.224 e. The molecule has 5 heteroatoms. The summed E-state index contributed by atoms with van der Waals surface area (Å²) in [5, 5.41) is 11.5. The van der Waals surface area contributed by atoms with E-state index in [1.165, 1.54) is 24.1 Å². The highest BCUT2D eigenvalue weighted by atomic mass is 16.3. The molecule has 2 N–H and O–H groups in total. The van der Waals surface area contributed by atoms with Crippen LogP contribution in [0.1, 0.15) is 40.9 Å². The molecule has 2 heterocycles. The number of carbonyl (C=O) groups is 1. The van der Waals surface area contributed by atoms with Crippen LogP contribution in [0.4, 0.5) is 0 Å². The number of rotatable bonds is 4. The third-order valence-corrected chi connectivity index (χ3v) is 4.76. The Balaban J connectivity index is 1.42. The van der Waals surface area contributed by atoms with Crippen molar-refractivity contribution in [2.24, 2.45) is 0 Å². The van der Waals surface area contributed by atoms with Crippen molar-refractivity contribution in [3.8, 4) is 0 Å². The zero-order chi connectivity index (χ0) is 16.5. The molecule has 0 unspecified atom stereocenters. The lowest BCUT2D eigenvalue weighted by Crippen LogP contribution is -2.25. The molecule has 0 saturated heterocycles. The second kappa shape index (κ2) is 6.15. The van der Waals surface area contributed by atoms with Crippen LogP contribution in [0.5, 0.6) is 0 Å². The first-order chi connectivity index (χ1) is 11.7. The highest BCUT2D eigenvalue weighted by Crippen LogP contribution is 2.23. The Morgan fingerprint density at radius 1 is 1.33 bits per heavy atom. The molecule has 0 aliphatic heterocycles. The van der Waals surface area contributed by atoms with E-state index in [0.717, 1.165) is 40.6 Å². The van der Waals surface area contributed by atoms with Gasteiger partial charge < -0.3 is 9.73 Å². The van der Waals surface area contributed by atoms with E-state index >= 15 is 0 Å².